The minimum Gasteiger partial charge on any atom is -0.491 e. The third-order valence-electron chi connectivity index (χ3n) is 9.93. The normalized spacial score (nSPS) is 12.2. The van der Waals surface area contributed by atoms with Crippen molar-refractivity contribution in [3.63, 3.8) is 0 Å². The highest BCUT2D eigenvalue weighted by atomic mass is 32.2. The Balaban J connectivity index is 1.42. The number of imidazole rings is 2. The molecule has 4 amide bonds. The Morgan fingerprint density at radius 1 is 0.836 bits per heavy atom. The number of fused-ring (bicyclic) bond motifs is 2. The summed E-state index contributed by atoms with van der Waals surface area (Å²) in [4.78, 5) is 66.5. The first kappa shape index (κ1) is 48.6. The third-order valence-corrected chi connectivity index (χ3v) is 10.6. The molecule has 0 saturated carbocycles. The van der Waals surface area contributed by atoms with Gasteiger partial charge in [-0.1, -0.05) is 18.2 Å². The van der Waals surface area contributed by atoms with Crippen LogP contribution in [-0.4, -0.2) is 99.8 Å². The molecule has 67 heavy (non-hydrogen) atoms. The number of nitrogens with zero attached hydrogens (tertiary/aromatic N) is 9. The number of hydrogen-bond donors (Lipinski definition) is 6. The molecule has 22 heteroatoms. The van der Waals surface area contributed by atoms with Gasteiger partial charge in [-0.2, -0.15) is 22.0 Å². The third kappa shape index (κ3) is 12.1. The van der Waals surface area contributed by atoms with E-state index in [9.17, 15) is 19.2 Å². The number of rotatable bonds is 23. The largest absolute Gasteiger partial charge is 0.491 e. The monoisotopic (exact) mass is 933 g/mol. The van der Waals surface area contributed by atoms with Gasteiger partial charge in [0.25, 0.3) is 11.8 Å². The van der Waals surface area contributed by atoms with Crippen LogP contribution in [0.1, 0.15) is 64.1 Å². The maximum absolute atomic E-state index is 13.8. The molecule has 0 spiro atoms. The minimum atomic E-state index is -0.709. The van der Waals surface area contributed by atoms with E-state index in [2.05, 4.69) is 25.8 Å². The molecule has 4 aromatic heterocycles. The van der Waals surface area contributed by atoms with Gasteiger partial charge < -0.3 is 41.5 Å². The summed E-state index contributed by atoms with van der Waals surface area (Å²) in [6, 6.07) is 7.84. The number of carbonyl (C=O) groups is 4. The van der Waals surface area contributed by atoms with Gasteiger partial charge in [0.2, 0.25) is 23.7 Å². The molecule has 6 aromatic rings. The van der Waals surface area contributed by atoms with Gasteiger partial charge in [-0.3, -0.25) is 44.2 Å². The number of benzene rings is 2. The number of primary amides is 2. The van der Waals surface area contributed by atoms with Crippen LogP contribution in [0.3, 0.4) is 0 Å². The number of nitrogens with two attached hydrogens (primary N) is 4. The highest BCUT2D eigenvalue weighted by molar-refractivity contribution is 7.98. The highest BCUT2D eigenvalue weighted by Gasteiger charge is 2.23. The number of hydrogen-bond acceptors (Lipinski definition) is 14. The molecule has 0 aliphatic heterocycles. The molecule has 0 atom stereocenters. The molecule has 0 aliphatic carbocycles. The van der Waals surface area contributed by atoms with E-state index in [4.69, 9.17) is 42.4 Å². The summed E-state index contributed by atoms with van der Waals surface area (Å²) in [5.41, 5.74) is 27.2. The molecular formula is C45H55N15O6S. The quantitative estimate of drug-likeness (QED) is 0.0295. The number of carbonyl (C=O) groups excluding carboxylic acids is 4. The number of aromatic nitrogens is 8. The number of aryl methyl sites for hydroxylation is 2. The number of nitrogen functional groups attached to an aromatic ring is 1. The number of amides is 4. The van der Waals surface area contributed by atoms with Crippen LogP contribution in [0, 0.1) is 6.92 Å². The van der Waals surface area contributed by atoms with Crippen molar-refractivity contribution in [1.29, 1.82) is 0 Å². The number of anilines is 3. The van der Waals surface area contributed by atoms with Crippen molar-refractivity contribution >= 4 is 80.8 Å². The van der Waals surface area contributed by atoms with Gasteiger partial charge in [0.1, 0.15) is 40.5 Å². The van der Waals surface area contributed by atoms with Crippen molar-refractivity contribution in [2.45, 2.75) is 60.3 Å². The van der Waals surface area contributed by atoms with E-state index in [1.807, 2.05) is 31.4 Å². The number of nitrogens with one attached hydrogen (secondary N) is 2. The summed E-state index contributed by atoms with van der Waals surface area (Å²) in [5, 5.41) is 14.4. The van der Waals surface area contributed by atoms with Crippen LogP contribution in [0.2, 0.25) is 0 Å². The van der Waals surface area contributed by atoms with E-state index >= 15 is 0 Å². The lowest BCUT2D eigenvalue weighted by Gasteiger charge is -2.13. The molecule has 4 heterocycles. The standard InChI is InChI=1S/C45H55N15O6S/c1-6-50-34(19-27(3)46)42(63)54-44-52-32-21-29(40(48)61)23-36(65-16-11-10-13-57-26-31(47)25-51-57)38(32)58(44)14-8-9-15-59-39-33(22-30(41(49)62)24-37(39)66-17-12-18-67-5)53-45(59)55-43(64)35-20-28(4)56-60(35)7-2/h8-11,19-26H,6-7,12-18,46-47H2,1-5H3,(H2,48,61)(H2,49,62)(H,52,54,63)(H,53,55,64)/b9-8+,11-10+,27-19-,50-34?. The van der Waals surface area contributed by atoms with Crippen LogP contribution in [0.15, 0.2) is 83.8 Å². The second kappa shape index (κ2) is 22.3. The summed E-state index contributed by atoms with van der Waals surface area (Å²) in [7, 11) is 0. The SMILES string of the molecule is CCN=C(/C=C(/C)N)C(=O)Nc1nc2cc(C(N)=O)cc(OC/C=C/Cn3cc(N)cn3)c2n1C/C=C/Cn1c(NC(=O)c2cc(C)nn2CC)nc2cc(C(N)=O)cc(OCCCSC)c21. The van der Waals surface area contributed by atoms with E-state index in [0.717, 1.165) is 12.2 Å². The number of allylic oxidation sites excluding steroid dienone is 4. The van der Waals surface area contributed by atoms with Gasteiger partial charge in [0.15, 0.2) is 0 Å². The topological polar surface area (TPSA) is 299 Å². The predicted octanol–water partition coefficient (Wildman–Crippen LogP) is 4.43. The zero-order valence-electron chi connectivity index (χ0n) is 38.0. The molecule has 0 fully saturated rings. The first-order valence-corrected chi connectivity index (χ1v) is 22.8. The molecule has 0 bridgehead atoms. The Bertz CT molecular complexity index is 2910. The fourth-order valence-corrected chi connectivity index (χ4v) is 7.40. The highest BCUT2D eigenvalue weighted by Crippen LogP contribution is 2.33. The van der Waals surface area contributed by atoms with E-state index in [1.54, 1.807) is 87.7 Å². The Labute approximate surface area is 390 Å². The van der Waals surface area contributed by atoms with Crippen molar-refractivity contribution in [2.24, 2.45) is 22.2 Å². The van der Waals surface area contributed by atoms with Crippen molar-refractivity contribution in [3.8, 4) is 11.5 Å². The molecule has 21 nitrogen and oxygen atoms in total. The lowest BCUT2D eigenvalue weighted by molar-refractivity contribution is -0.110. The van der Waals surface area contributed by atoms with Crippen molar-refractivity contribution in [1.82, 2.24) is 38.7 Å². The first-order valence-electron chi connectivity index (χ1n) is 21.4. The van der Waals surface area contributed by atoms with Crippen LogP contribution < -0.4 is 43.0 Å². The summed E-state index contributed by atoms with van der Waals surface area (Å²) in [6.45, 7) is 9.01. The van der Waals surface area contributed by atoms with Crippen LogP contribution >= 0.6 is 11.8 Å². The maximum Gasteiger partial charge on any atom is 0.276 e. The Morgan fingerprint density at radius 2 is 1.45 bits per heavy atom. The van der Waals surface area contributed by atoms with E-state index in [-0.39, 0.29) is 54.2 Å². The molecule has 0 unspecified atom stereocenters. The molecule has 352 valence electrons. The van der Waals surface area contributed by atoms with Crippen LogP contribution in [0.4, 0.5) is 17.6 Å². The summed E-state index contributed by atoms with van der Waals surface area (Å²) >= 11 is 1.68. The first-order chi connectivity index (χ1) is 32.2. The molecule has 6 rings (SSSR count). The lowest BCUT2D eigenvalue weighted by atomic mass is 10.1. The van der Waals surface area contributed by atoms with Gasteiger partial charge >= 0.3 is 0 Å². The number of ether oxygens (including phenoxy) is 2. The van der Waals surface area contributed by atoms with E-state index < -0.39 is 23.6 Å². The Kier molecular flexibility index (Phi) is 16.2. The molecule has 0 radical (unpaired) electrons. The van der Waals surface area contributed by atoms with Gasteiger partial charge in [-0.05, 0) is 88.6 Å². The molecule has 0 aliphatic rings. The van der Waals surface area contributed by atoms with Crippen LogP contribution in [0.25, 0.3) is 22.1 Å². The fraction of sp³-hybridized carbons (Fsp3) is 0.311. The van der Waals surface area contributed by atoms with Gasteiger partial charge in [-0.25, -0.2) is 9.97 Å². The molecular weight excluding hydrogens is 879 g/mol. The minimum absolute atomic E-state index is 0.0831. The molecule has 0 saturated heterocycles. The van der Waals surface area contributed by atoms with Gasteiger partial charge in [0, 0.05) is 49.2 Å². The molecule has 2 aromatic carbocycles. The second-order valence-corrected chi connectivity index (χ2v) is 16.1. The number of aliphatic imine (C=N–C) groups is 1. The smallest absolute Gasteiger partial charge is 0.276 e. The van der Waals surface area contributed by atoms with E-state index in [0.29, 0.717) is 76.8 Å². The van der Waals surface area contributed by atoms with Crippen LogP contribution in [0.5, 0.6) is 11.5 Å². The second-order valence-electron chi connectivity index (χ2n) is 15.1. The summed E-state index contributed by atoms with van der Waals surface area (Å²) in [6.07, 6.45) is 14.7. The number of thioether (sulfide) groups is 1. The average molecular weight is 934 g/mol. The van der Waals surface area contributed by atoms with Gasteiger partial charge in [0.05, 0.1) is 41.8 Å². The Hall–Kier alpha value is -7.88. The van der Waals surface area contributed by atoms with Crippen molar-refractivity contribution in [3.05, 3.63) is 101 Å². The zero-order chi connectivity index (χ0) is 48.2. The Morgan fingerprint density at radius 3 is 2.00 bits per heavy atom. The van der Waals surface area contributed by atoms with E-state index in [1.165, 1.54) is 18.2 Å². The zero-order valence-corrected chi connectivity index (χ0v) is 38.8. The van der Waals surface area contributed by atoms with Crippen molar-refractivity contribution < 1.29 is 28.7 Å². The lowest BCUT2D eigenvalue weighted by Crippen LogP contribution is -2.24. The van der Waals surface area contributed by atoms with Crippen LogP contribution in [-0.2, 0) is 31.0 Å². The van der Waals surface area contributed by atoms with Gasteiger partial charge in [-0.15, -0.1) is 0 Å². The summed E-state index contributed by atoms with van der Waals surface area (Å²) in [5.74, 6) is -0.637. The maximum atomic E-state index is 13.8. The average Bonchev–Trinajstić information content (AvgIpc) is 4.06. The van der Waals surface area contributed by atoms with Crippen molar-refractivity contribution in [2.75, 3.05) is 48.1 Å². The fourth-order valence-electron chi connectivity index (χ4n) is 6.99. The summed E-state index contributed by atoms with van der Waals surface area (Å²) < 4.78 is 19.3. The predicted molar refractivity (Wildman–Crippen MR) is 261 cm³/mol. The molecule has 10 N–H and O–H groups in total.